The smallest absolute Gasteiger partial charge is 0.171 e. The molecule has 3 atom stereocenters. The summed E-state index contributed by atoms with van der Waals surface area (Å²) in [4.78, 5) is 11.6. The first-order valence-electron chi connectivity index (χ1n) is 7.39. The molecule has 0 aromatic carbocycles. The number of carbonyl (C=O) groups excluding carboxylic acids is 1. The normalized spacial score (nSPS) is 33.9. The lowest BCUT2D eigenvalue weighted by molar-refractivity contribution is -0.229. The maximum Gasteiger partial charge on any atom is 0.171 e. The maximum atomic E-state index is 11.6. The molecule has 1 aliphatic carbocycles. The van der Waals surface area contributed by atoms with Crippen molar-refractivity contribution in [1.82, 2.24) is 0 Å². The van der Waals surface area contributed by atoms with Gasteiger partial charge in [0.2, 0.25) is 0 Å². The molecule has 2 fully saturated rings. The van der Waals surface area contributed by atoms with Crippen LogP contribution in [0.4, 0.5) is 0 Å². The van der Waals surface area contributed by atoms with Gasteiger partial charge in [-0.15, -0.1) is 0 Å². The summed E-state index contributed by atoms with van der Waals surface area (Å²) in [5.74, 6) is 0.879. The Bertz CT molecular complexity index is 269. The number of carbonyl (C=O) groups is 1. The zero-order valence-corrected chi connectivity index (χ0v) is 12.5. The number of rotatable bonds is 2. The van der Waals surface area contributed by atoms with E-state index in [1.807, 2.05) is 13.8 Å². The molecule has 2 rings (SSSR count). The Labute approximate surface area is 111 Å². The largest absolute Gasteiger partial charge is 0.347 e. The van der Waals surface area contributed by atoms with Crippen molar-refractivity contribution in [1.29, 1.82) is 0 Å². The van der Waals surface area contributed by atoms with E-state index in [1.54, 1.807) is 6.92 Å². The fourth-order valence-electron chi connectivity index (χ4n) is 3.49. The summed E-state index contributed by atoms with van der Waals surface area (Å²) in [5.41, 5.74) is 0. The second-order valence-electron chi connectivity index (χ2n) is 5.13. The van der Waals surface area contributed by atoms with Gasteiger partial charge in [-0.25, -0.2) is 0 Å². The average Bonchev–Trinajstić information content (AvgIpc) is 2.84. The lowest BCUT2D eigenvalue weighted by Crippen LogP contribution is -2.49. The van der Waals surface area contributed by atoms with Crippen LogP contribution >= 0.6 is 0 Å². The molecule has 106 valence electrons. The highest BCUT2D eigenvalue weighted by Gasteiger charge is 2.51. The predicted octanol–water partition coefficient (Wildman–Crippen LogP) is 3.42. The maximum absolute atomic E-state index is 11.6. The summed E-state index contributed by atoms with van der Waals surface area (Å²) in [7, 11) is 0. The van der Waals surface area contributed by atoms with E-state index in [0.29, 0.717) is 30.8 Å². The molecule has 1 heterocycles. The molecule has 1 spiro atoms. The van der Waals surface area contributed by atoms with Crippen molar-refractivity contribution in [2.24, 2.45) is 17.8 Å². The minimum absolute atomic E-state index is 0.207. The molecular weight excluding hydrogens is 228 g/mol. The van der Waals surface area contributed by atoms with Crippen molar-refractivity contribution in [2.45, 2.75) is 59.7 Å². The van der Waals surface area contributed by atoms with Gasteiger partial charge in [0.25, 0.3) is 0 Å². The zero-order chi connectivity index (χ0) is 13.8. The summed E-state index contributed by atoms with van der Waals surface area (Å²) in [6, 6.07) is 0. The number of ether oxygens (including phenoxy) is 2. The van der Waals surface area contributed by atoms with Gasteiger partial charge in [0, 0.05) is 18.3 Å². The molecule has 0 amide bonds. The first-order chi connectivity index (χ1) is 8.60. The lowest BCUT2D eigenvalue weighted by atomic mass is 9.67. The summed E-state index contributed by atoms with van der Waals surface area (Å²) >= 11 is 0. The summed E-state index contributed by atoms with van der Waals surface area (Å²) in [5, 5.41) is 0. The van der Waals surface area contributed by atoms with Crippen molar-refractivity contribution < 1.29 is 14.3 Å². The third-order valence-electron chi connectivity index (χ3n) is 4.43. The van der Waals surface area contributed by atoms with Gasteiger partial charge in [-0.1, -0.05) is 34.1 Å². The van der Waals surface area contributed by atoms with Crippen LogP contribution in [-0.2, 0) is 14.3 Å². The minimum Gasteiger partial charge on any atom is -0.347 e. The minimum atomic E-state index is -0.382. The van der Waals surface area contributed by atoms with Crippen LogP contribution in [0.3, 0.4) is 0 Å². The molecule has 0 bridgehead atoms. The van der Waals surface area contributed by atoms with E-state index in [9.17, 15) is 4.79 Å². The molecule has 0 radical (unpaired) electrons. The van der Waals surface area contributed by atoms with Crippen LogP contribution in [0, 0.1) is 17.8 Å². The lowest BCUT2D eigenvalue weighted by Gasteiger charge is -2.45. The molecule has 1 saturated heterocycles. The highest BCUT2D eigenvalue weighted by atomic mass is 16.7. The monoisotopic (exact) mass is 256 g/mol. The highest BCUT2D eigenvalue weighted by Crippen LogP contribution is 2.47. The molecule has 0 aromatic heterocycles. The van der Waals surface area contributed by atoms with Gasteiger partial charge in [0.1, 0.15) is 5.78 Å². The van der Waals surface area contributed by atoms with E-state index in [1.165, 1.54) is 0 Å². The van der Waals surface area contributed by atoms with Gasteiger partial charge in [0.15, 0.2) is 5.79 Å². The fraction of sp³-hybridized carbons (Fsp3) is 0.933. The van der Waals surface area contributed by atoms with Gasteiger partial charge in [0.05, 0.1) is 13.2 Å². The third-order valence-corrected chi connectivity index (χ3v) is 4.43. The van der Waals surface area contributed by atoms with E-state index in [0.717, 1.165) is 19.3 Å². The molecule has 2 aliphatic rings. The first-order valence-corrected chi connectivity index (χ1v) is 7.39. The quantitative estimate of drug-likeness (QED) is 0.759. The van der Waals surface area contributed by atoms with Crippen molar-refractivity contribution in [2.75, 3.05) is 13.2 Å². The molecule has 0 N–H and O–H groups in total. The topological polar surface area (TPSA) is 35.5 Å². The van der Waals surface area contributed by atoms with Crippen LogP contribution in [0.15, 0.2) is 0 Å². The Kier molecular flexibility index (Phi) is 5.80. The molecule has 1 aliphatic heterocycles. The van der Waals surface area contributed by atoms with Gasteiger partial charge < -0.3 is 9.47 Å². The molecule has 18 heavy (non-hydrogen) atoms. The van der Waals surface area contributed by atoms with Crippen molar-refractivity contribution >= 4 is 5.78 Å². The second-order valence-corrected chi connectivity index (χ2v) is 5.13. The van der Waals surface area contributed by atoms with Crippen LogP contribution in [0.1, 0.15) is 53.9 Å². The Morgan fingerprint density at radius 2 is 1.83 bits per heavy atom. The number of hydrogen-bond acceptors (Lipinski definition) is 3. The summed E-state index contributed by atoms with van der Waals surface area (Å²) < 4.78 is 11.6. The summed E-state index contributed by atoms with van der Waals surface area (Å²) in [6.07, 6.45) is 2.81. The van der Waals surface area contributed by atoms with Gasteiger partial charge in [-0.2, -0.15) is 0 Å². The van der Waals surface area contributed by atoms with Gasteiger partial charge >= 0.3 is 0 Å². The van der Waals surface area contributed by atoms with Crippen molar-refractivity contribution in [3.05, 3.63) is 0 Å². The Hall–Kier alpha value is -0.410. The van der Waals surface area contributed by atoms with E-state index in [-0.39, 0.29) is 11.7 Å². The SMILES string of the molecule is CC.CCC1C(C(C)=O)CCC2(OCCO2)C1C. The molecule has 3 unspecified atom stereocenters. The van der Waals surface area contributed by atoms with Crippen LogP contribution < -0.4 is 0 Å². The third kappa shape index (κ3) is 2.77. The molecule has 3 heteroatoms. The first kappa shape index (κ1) is 15.6. The van der Waals surface area contributed by atoms with Gasteiger partial charge in [-0.3, -0.25) is 4.79 Å². The van der Waals surface area contributed by atoms with E-state index >= 15 is 0 Å². The zero-order valence-electron chi connectivity index (χ0n) is 12.5. The van der Waals surface area contributed by atoms with E-state index in [2.05, 4.69) is 13.8 Å². The molecule has 1 saturated carbocycles. The van der Waals surface area contributed by atoms with E-state index in [4.69, 9.17) is 9.47 Å². The molecule has 3 nitrogen and oxygen atoms in total. The van der Waals surface area contributed by atoms with Crippen LogP contribution in [0.2, 0.25) is 0 Å². The van der Waals surface area contributed by atoms with Gasteiger partial charge in [-0.05, 0) is 19.3 Å². The number of ketones is 1. The number of Topliss-reactive ketones (excluding diaryl/α,β-unsaturated/α-hetero) is 1. The van der Waals surface area contributed by atoms with Crippen LogP contribution in [0.25, 0.3) is 0 Å². The molecular formula is C15H28O3. The van der Waals surface area contributed by atoms with Crippen LogP contribution in [0.5, 0.6) is 0 Å². The fourth-order valence-corrected chi connectivity index (χ4v) is 3.49. The Morgan fingerprint density at radius 1 is 1.28 bits per heavy atom. The van der Waals surface area contributed by atoms with Crippen molar-refractivity contribution in [3.63, 3.8) is 0 Å². The summed E-state index contributed by atoms with van der Waals surface area (Å²) in [6.45, 7) is 11.4. The highest BCUT2D eigenvalue weighted by molar-refractivity contribution is 5.78. The molecule has 0 aromatic rings. The second kappa shape index (κ2) is 6.67. The Morgan fingerprint density at radius 3 is 2.28 bits per heavy atom. The average molecular weight is 256 g/mol. The van der Waals surface area contributed by atoms with Crippen molar-refractivity contribution in [3.8, 4) is 0 Å². The van der Waals surface area contributed by atoms with E-state index < -0.39 is 0 Å². The Balaban J connectivity index is 0.000000771. The standard InChI is InChI=1S/C13H22O3.C2H6/c1-4-11-9(2)13(15-7-8-16-13)6-5-12(11)10(3)14;1-2/h9,11-12H,4-8H2,1-3H3;1-2H3. The number of hydrogen-bond donors (Lipinski definition) is 0. The van der Waals surface area contributed by atoms with Crippen LogP contribution in [-0.4, -0.2) is 24.8 Å². The predicted molar refractivity (Wildman–Crippen MR) is 72.3 cm³/mol.